The predicted octanol–water partition coefficient (Wildman–Crippen LogP) is 4.55. The standard InChI is InChI=1S/C18H18F3NO2/c1-11(2)16(12-3-7-14(19)8-4-12)22-17(23)13-5-9-15(10-6-13)24-18(20)21/h3-11,16,18H,1-2H3,(H,22,23)/t16-/m0/s1. The Morgan fingerprint density at radius 3 is 2.08 bits per heavy atom. The summed E-state index contributed by atoms with van der Waals surface area (Å²) < 4.78 is 41.6. The lowest BCUT2D eigenvalue weighted by Gasteiger charge is -2.23. The van der Waals surface area contributed by atoms with E-state index < -0.39 is 6.61 Å². The van der Waals surface area contributed by atoms with Crippen LogP contribution in [0.15, 0.2) is 48.5 Å². The number of benzene rings is 2. The van der Waals surface area contributed by atoms with Crippen LogP contribution in [0.2, 0.25) is 0 Å². The average molecular weight is 337 g/mol. The molecule has 0 saturated carbocycles. The van der Waals surface area contributed by atoms with E-state index in [9.17, 15) is 18.0 Å². The first-order chi connectivity index (χ1) is 11.4. The fourth-order valence-corrected chi connectivity index (χ4v) is 2.32. The Balaban J connectivity index is 2.11. The monoisotopic (exact) mass is 337 g/mol. The van der Waals surface area contributed by atoms with Gasteiger partial charge in [0.15, 0.2) is 0 Å². The molecule has 0 spiro atoms. The molecule has 0 aliphatic carbocycles. The minimum Gasteiger partial charge on any atom is -0.435 e. The van der Waals surface area contributed by atoms with Crippen LogP contribution in [0, 0.1) is 11.7 Å². The van der Waals surface area contributed by atoms with Gasteiger partial charge in [-0.05, 0) is 47.9 Å². The maximum atomic E-state index is 13.1. The fraction of sp³-hybridized carbons (Fsp3) is 0.278. The van der Waals surface area contributed by atoms with Crippen LogP contribution in [0.4, 0.5) is 13.2 Å². The van der Waals surface area contributed by atoms with Gasteiger partial charge in [0.25, 0.3) is 5.91 Å². The summed E-state index contributed by atoms with van der Waals surface area (Å²) in [5, 5.41) is 2.88. The van der Waals surface area contributed by atoms with E-state index in [4.69, 9.17) is 0 Å². The topological polar surface area (TPSA) is 38.3 Å². The van der Waals surface area contributed by atoms with Crippen LogP contribution in [-0.2, 0) is 0 Å². The van der Waals surface area contributed by atoms with Crippen LogP contribution in [0.5, 0.6) is 5.75 Å². The molecule has 3 nitrogen and oxygen atoms in total. The molecule has 2 aromatic rings. The summed E-state index contributed by atoms with van der Waals surface area (Å²) in [6.45, 7) is 0.968. The molecule has 128 valence electrons. The maximum Gasteiger partial charge on any atom is 0.387 e. The normalized spacial score (nSPS) is 12.3. The molecule has 1 atom stereocenters. The molecule has 0 aliphatic rings. The summed E-state index contributed by atoms with van der Waals surface area (Å²) in [4.78, 5) is 12.4. The van der Waals surface area contributed by atoms with E-state index in [-0.39, 0.29) is 29.4 Å². The van der Waals surface area contributed by atoms with Gasteiger partial charge in [0.05, 0.1) is 6.04 Å². The number of halogens is 3. The Morgan fingerprint density at radius 1 is 1.00 bits per heavy atom. The molecule has 0 fully saturated rings. The quantitative estimate of drug-likeness (QED) is 0.839. The second-order valence-corrected chi connectivity index (χ2v) is 5.65. The van der Waals surface area contributed by atoms with Crippen LogP contribution < -0.4 is 10.1 Å². The molecule has 0 aromatic heterocycles. The van der Waals surface area contributed by atoms with Gasteiger partial charge in [-0.25, -0.2) is 4.39 Å². The summed E-state index contributed by atoms with van der Waals surface area (Å²) in [5.74, 6) is -0.620. The highest BCUT2D eigenvalue weighted by atomic mass is 19.3. The summed E-state index contributed by atoms with van der Waals surface area (Å²) in [7, 11) is 0. The Bertz CT molecular complexity index is 670. The zero-order chi connectivity index (χ0) is 17.7. The minimum atomic E-state index is -2.91. The number of alkyl halides is 2. The molecule has 24 heavy (non-hydrogen) atoms. The second kappa shape index (κ2) is 7.86. The number of hydrogen-bond donors (Lipinski definition) is 1. The molecular formula is C18H18F3NO2. The number of nitrogens with one attached hydrogen (secondary N) is 1. The van der Waals surface area contributed by atoms with Gasteiger partial charge in [-0.2, -0.15) is 8.78 Å². The van der Waals surface area contributed by atoms with Gasteiger partial charge in [-0.1, -0.05) is 26.0 Å². The van der Waals surface area contributed by atoms with Crippen molar-refractivity contribution >= 4 is 5.91 Å². The van der Waals surface area contributed by atoms with Crippen molar-refractivity contribution in [2.24, 2.45) is 5.92 Å². The van der Waals surface area contributed by atoms with Crippen molar-refractivity contribution in [1.82, 2.24) is 5.32 Å². The highest BCUT2D eigenvalue weighted by Gasteiger charge is 2.19. The van der Waals surface area contributed by atoms with Crippen molar-refractivity contribution in [2.75, 3.05) is 0 Å². The number of amides is 1. The lowest BCUT2D eigenvalue weighted by molar-refractivity contribution is -0.0498. The Kier molecular flexibility index (Phi) is 5.84. The average Bonchev–Trinajstić information content (AvgIpc) is 2.53. The molecule has 0 heterocycles. The largest absolute Gasteiger partial charge is 0.435 e. The molecule has 1 amide bonds. The van der Waals surface area contributed by atoms with Crippen molar-refractivity contribution in [3.63, 3.8) is 0 Å². The first kappa shape index (κ1) is 17.8. The molecule has 0 aliphatic heterocycles. The zero-order valence-corrected chi connectivity index (χ0v) is 13.3. The first-order valence-corrected chi connectivity index (χ1v) is 7.48. The SMILES string of the molecule is CC(C)[C@H](NC(=O)c1ccc(OC(F)F)cc1)c1ccc(F)cc1. The number of hydrogen-bond acceptors (Lipinski definition) is 2. The van der Waals surface area contributed by atoms with Crippen molar-refractivity contribution in [1.29, 1.82) is 0 Å². The predicted molar refractivity (Wildman–Crippen MR) is 84.5 cm³/mol. The maximum absolute atomic E-state index is 13.1. The van der Waals surface area contributed by atoms with E-state index >= 15 is 0 Å². The summed E-state index contributed by atoms with van der Waals surface area (Å²) in [6, 6.07) is 11.1. The Labute approximate surface area is 138 Å². The molecule has 6 heteroatoms. The third kappa shape index (κ3) is 4.75. The molecule has 0 unspecified atom stereocenters. The van der Waals surface area contributed by atoms with E-state index in [1.165, 1.54) is 36.4 Å². The summed E-state index contributed by atoms with van der Waals surface area (Å²) >= 11 is 0. The van der Waals surface area contributed by atoms with Crippen LogP contribution in [0.3, 0.4) is 0 Å². The van der Waals surface area contributed by atoms with Crippen molar-refractivity contribution in [3.05, 3.63) is 65.5 Å². The van der Waals surface area contributed by atoms with Crippen LogP contribution in [0.1, 0.15) is 35.8 Å². The van der Waals surface area contributed by atoms with Gasteiger partial charge in [0, 0.05) is 5.56 Å². The fourth-order valence-electron chi connectivity index (χ4n) is 2.32. The molecule has 2 rings (SSSR count). The van der Waals surface area contributed by atoms with Gasteiger partial charge in [-0.3, -0.25) is 4.79 Å². The molecule has 2 aromatic carbocycles. The van der Waals surface area contributed by atoms with E-state index in [1.54, 1.807) is 12.1 Å². The molecule has 0 saturated heterocycles. The first-order valence-electron chi connectivity index (χ1n) is 7.48. The van der Waals surface area contributed by atoms with E-state index in [2.05, 4.69) is 10.1 Å². The Morgan fingerprint density at radius 2 is 1.58 bits per heavy atom. The van der Waals surface area contributed by atoms with E-state index in [0.717, 1.165) is 5.56 Å². The van der Waals surface area contributed by atoms with Gasteiger partial charge in [0.1, 0.15) is 11.6 Å². The highest BCUT2D eigenvalue weighted by molar-refractivity contribution is 5.94. The number of ether oxygens (including phenoxy) is 1. The van der Waals surface area contributed by atoms with Crippen molar-refractivity contribution in [3.8, 4) is 5.75 Å². The molecule has 0 bridgehead atoms. The third-order valence-electron chi connectivity index (χ3n) is 3.52. The minimum absolute atomic E-state index is 0.0134. The lowest BCUT2D eigenvalue weighted by atomic mass is 9.95. The lowest BCUT2D eigenvalue weighted by Crippen LogP contribution is -2.31. The van der Waals surface area contributed by atoms with Gasteiger partial charge < -0.3 is 10.1 Å². The van der Waals surface area contributed by atoms with Gasteiger partial charge in [-0.15, -0.1) is 0 Å². The second-order valence-electron chi connectivity index (χ2n) is 5.65. The van der Waals surface area contributed by atoms with Crippen LogP contribution in [-0.4, -0.2) is 12.5 Å². The van der Waals surface area contributed by atoms with Gasteiger partial charge in [0.2, 0.25) is 0 Å². The molecule has 0 radical (unpaired) electrons. The van der Waals surface area contributed by atoms with Crippen LogP contribution >= 0.6 is 0 Å². The van der Waals surface area contributed by atoms with Crippen molar-refractivity contribution < 1.29 is 22.7 Å². The van der Waals surface area contributed by atoms with Crippen LogP contribution in [0.25, 0.3) is 0 Å². The summed E-state index contributed by atoms with van der Waals surface area (Å²) in [5.41, 5.74) is 1.11. The Hall–Kier alpha value is -2.50. The van der Waals surface area contributed by atoms with Crippen molar-refractivity contribution in [2.45, 2.75) is 26.5 Å². The highest BCUT2D eigenvalue weighted by Crippen LogP contribution is 2.23. The smallest absolute Gasteiger partial charge is 0.387 e. The third-order valence-corrected chi connectivity index (χ3v) is 3.52. The van der Waals surface area contributed by atoms with E-state index in [0.29, 0.717) is 5.56 Å². The zero-order valence-electron chi connectivity index (χ0n) is 13.3. The molecular weight excluding hydrogens is 319 g/mol. The summed E-state index contributed by atoms with van der Waals surface area (Å²) in [6.07, 6.45) is 0. The molecule has 1 N–H and O–H groups in total. The number of rotatable bonds is 6. The van der Waals surface area contributed by atoms with Gasteiger partial charge >= 0.3 is 6.61 Å². The van der Waals surface area contributed by atoms with E-state index in [1.807, 2.05) is 13.8 Å². The number of carbonyl (C=O) groups is 1. The number of carbonyl (C=O) groups excluding carboxylic acids is 1.